The molecule has 0 aromatic heterocycles. The fourth-order valence-corrected chi connectivity index (χ4v) is 2.89. The van der Waals surface area contributed by atoms with Gasteiger partial charge in [0.15, 0.2) is 0 Å². The van der Waals surface area contributed by atoms with Crippen LogP contribution in [0.5, 0.6) is 0 Å². The molecule has 2 aliphatic rings. The molecule has 2 heterocycles. The summed E-state index contributed by atoms with van der Waals surface area (Å²) in [5.41, 5.74) is 2.72. The van der Waals surface area contributed by atoms with Crippen molar-refractivity contribution in [2.24, 2.45) is 0 Å². The molecule has 0 spiro atoms. The third kappa shape index (κ3) is 2.09. The van der Waals surface area contributed by atoms with Crippen molar-refractivity contribution in [3.8, 4) is 0 Å². The van der Waals surface area contributed by atoms with E-state index in [9.17, 15) is 14.4 Å². The van der Waals surface area contributed by atoms with Crippen LogP contribution in [0.15, 0.2) is 18.2 Å². The third-order valence-electron chi connectivity index (χ3n) is 3.92. The van der Waals surface area contributed by atoms with Crippen molar-refractivity contribution < 1.29 is 14.4 Å². The first-order chi connectivity index (χ1) is 9.56. The zero-order chi connectivity index (χ0) is 14.3. The molecule has 1 fully saturated rings. The number of imide groups is 1. The Morgan fingerprint density at radius 1 is 1.25 bits per heavy atom. The number of hydrogen-bond donors (Lipinski definition) is 1. The van der Waals surface area contributed by atoms with Crippen molar-refractivity contribution in [2.45, 2.75) is 38.8 Å². The van der Waals surface area contributed by atoms with Crippen molar-refractivity contribution in [3.63, 3.8) is 0 Å². The van der Waals surface area contributed by atoms with Gasteiger partial charge in [-0.3, -0.25) is 19.7 Å². The highest BCUT2D eigenvalue weighted by atomic mass is 16.2. The van der Waals surface area contributed by atoms with Crippen LogP contribution < -0.4 is 5.32 Å². The van der Waals surface area contributed by atoms with Crippen LogP contribution in [0.3, 0.4) is 0 Å². The van der Waals surface area contributed by atoms with Gasteiger partial charge in [0, 0.05) is 18.5 Å². The second kappa shape index (κ2) is 4.74. The number of rotatable bonds is 1. The van der Waals surface area contributed by atoms with Gasteiger partial charge >= 0.3 is 0 Å². The minimum Gasteiger partial charge on any atom is -0.322 e. The van der Waals surface area contributed by atoms with E-state index in [1.807, 2.05) is 25.1 Å². The molecule has 3 rings (SSSR count). The van der Waals surface area contributed by atoms with Gasteiger partial charge in [0.25, 0.3) is 5.91 Å². The highest BCUT2D eigenvalue weighted by molar-refractivity contribution is 6.04. The lowest BCUT2D eigenvalue weighted by Gasteiger charge is -2.24. The number of aryl methyl sites for hydroxylation is 1. The Bertz CT molecular complexity index is 609. The van der Waals surface area contributed by atoms with Crippen LogP contribution >= 0.6 is 0 Å². The minimum absolute atomic E-state index is 0.116. The molecular formula is C15H16N2O3. The number of hydrogen-bond acceptors (Lipinski definition) is 3. The lowest BCUT2D eigenvalue weighted by Crippen LogP contribution is -2.46. The summed E-state index contributed by atoms with van der Waals surface area (Å²) in [6.07, 6.45) is 1.51. The first-order valence-corrected chi connectivity index (χ1v) is 6.80. The number of fused-ring (bicyclic) bond motifs is 1. The van der Waals surface area contributed by atoms with Gasteiger partial charge in [-0.2, -0.15) is 0 Å². The molecule has 5 heteroatoms. The lowest BCUT2D eigenvalue weighted by molar-refractivity contribution is -0.132. The van der Waals surface area contributed by atoms with Gasteiger partial charge in [0.2, 0.25) is 11.8 Å². The van der Waals surface area contributed by atoms with Crippen molar-refractivity contribution in [2.75, 3.05) is 0 Å². The molecule has 1 saturated heterocycles. The second-order valence-electron chi connectivity index (χ2n) is 5.41. The van der Waals surface area contributed by atoms with Crippen LogP contribution in [0.1, 0.15) is 40.7 Å². The molecule has 5 nitrogen and oxygen atoms in total. The first kappa shape index (κ1) is 12.8. The summed E-state index contributed by atoms with van der Waals surface area (Å²) in [6, 6.07) is 5.15. The van der Waals surface area contributed by atoms with Crippen molar-refractivity contribution in [3.05, 3.63) is 34.9 Å². The zero-order valence-electron chi connectivity index (χ0n) is 11.3. The van der Waals surface area contributed by atoms with E-state index in [1.54, 1.807) is 4.90 Å². The maximum absolute atomic E-state index is 12.4. The summed E-state index contributed by atoms with van der Waals surface area (Å²) in [6.45, 7) is 2.42. The van der Waals surface area contributed by atoms with Gasteiger partial charge in [-0.05, 0) is 31.4 Å². The van der Waals surface area contributed by atoms with E-state index in [-0.39, 0.29) is 17.7 Å². The normalized spacial score (nSPS) is 22.6. The number of nitrogens with one attached hydrogen (secondary N) is 1. The molecule has 0 aliphatic carbocycles. The van der Waals surface area contributed by atoms with E-state index in [4.69, 9.17) is 0 Å². The average Bonchev–Trinajstić information content (AvgIpc) is 2.60. The smallest absolute Gasteiger partial charge is 0.255 e. The van der Waals surface area contributed by atoms with Gasteiger partial charge in [-0.25, -0.2) is 0 Å². The van der Waals surface area contributed by atoms with Crippen molar-refractivity contribution in [1.82, 2.24) is 10.2 Å². The Morgan fingerprint density at radius 3 is 2.85 bits per heavy atom. The molecule has 104 valence electrons. The summed E-state index contributed by atoms with van der Waals surface area (Å²) >= 11 is 0. The maximum atomic E-state index is 12.4. The quantitative estimate of drug-likeness (QED) is 0.780. The fraction of sp³-hybridized carbons (Fsp3) is 0.400. The summed E-state index contributed by atoms with van der Waals surface area (Å²) in [5.74, 6) is -0.725. The Labute approximate surface area is 116 Å². The Hall–Kier alpha value is -2.17. The van der Waals surface area contributed by atoms with Crippen LogP contribution in [0.25, 0.3) is 0 Å². The predicted octanol–water partition coefficient (Wildman–Crippen LogP) is 1.15. The third-order valence-corrected chi connectivity index (χ3v) is 3.92. The molecule has 0 radical (unpaired) electrons. The average molecular weight is 272 g/mol. The monoisotopic (exact) mass is 272 g/mol. The van der Waals surface area contributed by atoms with Crippen LogP contribution in [-0.4, -0.2) is 28.7 Å². The molecule has 1 atom stereocenters. The number of carbonyl (C=O) groups excluding carboxylic acids is 3. The molecule has 0 saturated carbocycles. The van der Waals surface area contributed by atoms with E-state index in [2.05, 4.69) is 5.32 Å². The van der Waals surface area contributed by atoms with Gasteiger partial charge in [-0.15, -0.1) is 0 Å². The molecule has 20 heavy (non-hydrogen) atoms. The van der Waals surface area contributed by atoms with Crippen LogP contribution in [0.4, 0.5) is 0 Å². The summed E-state index contributed by atoms with van der Waals surface area (Å²) < 4.78 is 0. The summed E-state index contributed by atoms with van der Waals surface area (Å²) in [7, 11) is 0. The highest BCUT2D eigenvalue weighted by Gasteiger charge is 2.37. The van der Waals surface area contributed by atoms with Crippen LogP contribution in [0, 0.1) is 6.92 Å². The fourth-order valence-electron chi connectivity index (χ4n) is 2.89. The molecule has 1 aromatic carbocycles. The van der Waals surface area contributed by atoms with Gasteiger partial charge in [0.1, 0.15) is 6.04 Å². The number of nitrogens with zero attached hydrogens (tertiary/aromatic N) is 1. The first-order valence-electron chi connectivity index (χ1n) is 6.80. The molecule has 1 aromatic rings. The van der Waals surface area contributed by atoms with E-state index >= 15 is 0 Å². The molecular weight excluding hydrogens is 256 g/mol. The van der Waals surface area contributed by atoms with Gasteiger partial charge in [-0.1, -0.05) is 17.7 Å². The Balaban J connectivity index is 1.87. The second-order valence-corrected chi connectivity index (χ2v) is 5.41. The van der Waals surface area contributed by atoms with Gasteiger partial charge < -0.3 is 4.90 Å². The molecule has 2 aliphatic heterocycles. The largest absolute Gasteiger partial charge is 0.322 e. The van der Waals surface area contributed by atoms with Gasteiger partial charge in [0.05, 0.1) is 0 Å². The molecule has 1 N–H and O–H groups in total. The maximum Gasteiger partial charge on any atom is 0.255 e. The topological polar surface area (TPSA) is 66.5 Å². The number of amides is 3. The summed E-state index contributed by atoms with van der Waals surface area (Å²) in [5, 5.41) is 2.36. The van der Waals surface area contributed by atoms with E-state index < -0.39 is 6.04 Å². The summed E-state index contributed by atoms with van der Waals surface area (Å²) in [4.78, 5) is 37.4. The van der Waals surface area contributed by atoms with E-state index in [1.165, 1.54) is 0 Å². The number of carbonyl (C=O) groups is 3. The van der Waals surface area contributed by atoms with E-state index in [0.717, 1.165) is 11.1 Å². The zero-order valence-corrected chi connectivity index (χ0v) is 11.3. The standard InChI is InChI=1S/C15H16N2O3/c1-9-5-6-11-10(7-9)8-17(15(11)20)12-3-2-4-13(18)16-14(12)19/h5-7,12H,2-4,8H2,1H3,(H,16,18,19)/t12-/m0/s1. The molecule has 0 bridgehead atoms. The predicted molar refractivity (Wildman–Crippen MR) is 71.8 cm³/mol. The Morgan fingerprint density at radius 2 is 2.05 bits per heavy atom. The van der Waals surface area contributed by atoms with Crippen molar-refractivity contribution in [1.29, 1.82) is 0 Å². The number of benzene rings is 1. The Kier molecular flexibility index (Phi) is 3.04. The van der Waals surface area contributed by atoms with E-state index in [0.29, 0.717) is 31.4 Å². The molecule has 3 amide bonds. The van der Waals surface area contributed by atoms with Crippen molar-refractivity contribution >= 4 is 17.7 Å². The van der Waals surface area contributed by atoms with Crippen LogP contribution in [0.2, 0.25) is 0 Å². The minimum atomic E-state index is -0.540. The molecule has 0 unspecified atom stereocenters. The highest BCUT2D eigenvalue weighted by Crippen LogP contribution is 2.27. The SMILES string of the molecule is Cc1ccc2c(c1)CN([C@H]1CCCC(=O)NC1=O)C2=O. The lowest BCUT2D eigenvalue weighted by atomic mass is 10.1. The van der Waals surface area contributed by atoms with Crippen LogP contribution in [-0.2, 0) is 16.1 Å².